The number of non-ortho nitro benzene ring substituents is 1. The second-order valence-corrected chi connectivity index (χ2v) is 4.17. The van der Waals surface area contributed by atoms with Gasteiger partial charge in [0.15, 0.2) is 0 Å². The summed E-state index contributed by atoms with van der Waals surface area (Å²) < 4.78 is 15.3. The minimum absolute atomic E-state index is 0.00751. The summed E-state index contributed by atoms with van der Waals surface area (Å²) in [7, 11) is 4.33. The van der Waals surface area contributed by atoms with E-state index in [9.17, 15) is 10.1 Å². The molecule has 0 radical (unpaired) electrons. The summed E-state index contributed by atoms with van der Waals surface area (Å²) in [5.41, 5.74) is 0.941. The molecule has 1 aromatic carbocycles. The average Bonchev–Trinajstić information content (AvgIpc) is 2.59. The summed E-state index contributed by atoms with van der Waals surface area (Å²) >= 11 is 0. The van der Waals surface area contributed by atoms with Crippen molar-refractivity contribution in [1.82, 2.24) is 9.97 Å². The summed E-state index contributed by atoms with van der Waals surface area (Å²) in [6, 6.07) is 5.89. The van der Waals surface area contributed by atoms with E-state index in [1.54, 1.807) is 0 Å². The number of hydrogen-bond acceptors (Lipinski definition) is 8. The van der Waals surface area contributed by atoms with Crippen LogP contribution < -0.4 is 14.2 Å². The van der Waals surface area contributed by atoms with Gasteiger partial charge in [0.25, 0.3) is 5.69 Å². The number of nitrogens with zero attached hydrogens (tertiary/aromatic N) is 4. The van der Waals surface area contributed by atoms with Gasteiger partial charge in [0, 0.05) is 18.3 Å². The van der Waals surface area contributed by atoms with Crippen molar-refractivity contribution in [2.45, 2.75) is 0 Å². The van der Waals surface area contributed by atoms with E-state index in [-0.39, 0.29) is 23.5 Å². The lowest BCUT2D eigenvalue weighted by molar-refractivity contribution is -0.384. The van der Waals surface area contributed by atoms with Crippen LogP contribution in [0.2, 0.25) is 0 Å². The highest BCUT2D eigenvalue weighted by Gasteiger charge is 2.15. The molecular weight excluding hydrogens is 304 g/mol. The van der Waals surface area contributed by atoms with Gasteiger partial charge in [-0.2, -0.15) is 9.97 Å². The van der Waals surface area contributed by atoms with E-state index < -0.39 is 4.92 Å². The van der Waals surface area contributed by atoms with Gasteiger partial charge in [-0.05, 0) is 12.1 Å². The van der Waals surface area contributed by atoms with Crippen molar-refractivity contribution in [3.05, 3.63) is 39.9 Å². The van der Waals surface area contributed by atoms with Gasteiger partial charge in [0.05, 0.1) is 31.9 Å². The number of ether oxygens (including phenoxy) is 3. The minimum Gasteiger partial charge on any atom is -0.480 e. The summed E-state index contributed by atoms with van der Waals surface area (Å²) in [5.74, 6) is 0.471. The molecule has 0 atom stereocenters. The highest BCUT2D eigenvalue weighted by atomic mass is 16.6. The van der Waals surface area contributed by atoms with Crippen molar-refractivity contribution in [2.75, 3.05) is 21.3 Å². The monoisotopic (exact) mass is 318 g/mol. The maximum Gasteiger partial charge on any atom is 0.322 e. The molecule has 0 saturated carbocycles. The summed E-state index contributed by atoms with van der Waals surface area (Å²) in [6.45, 7) is 0. The van der Waals surface area contributed by atoms with Gasteiger partial charge >= 0.3 is 6.01 Å². The van der Waals surface area contributed by atoms with Gasteiger partial charge in [-0.25, -0.2) is 0 Å². The fourth-order valence-electron chi connectivity index (χ4n) is 1.72. The Kier molecular flexibility index (Phi) is 5.03. The third kappa shape index (κ3) is 3.70. The van der Waals surface area contributed by atoms with E-state index in [2.05, 4.69) is 15.0 Å². The molecule has 0 N–H and O–H groups in total. The maximum atomic E-state index is 10.6. The first-order valence-corrected chi connectivity index (χ1v) is 6.41. The number of benzene rings is 1. The Morgan fingerprint density at radius 2 is 1.61 bits per heavy atom. The van der Waals surface area contributed by atoms with Crippen LogP contribution in [0.25, 0.3) is 0 Å². The van der Waals surface area contributed by atoms with Crippen LogP contribution in [0.5, 0.6) is 17.8 Å². The molecule has 0 unspecified atom stereocenters. The van der Waals surface area contributed by atoms with Gasteiger partial charge in [-0.1, -0.05) is 0 Å². The lowest BCUT2D eigenvalue weighted by Gasteiger charge is -2.09. The third-order valence-electron chi connectivity index (χ3n) is 2.83. The van der Waals surface area contributed by atoms with Crippen molar-refractivity contribution in [3.63, 3.8) is 0 Å². The molecule has 0 fully saturated rings. The minimum atomic E-state index is -0.475. The van der Waals surface area contributed by atoms with Gasteiger partial charge in [-0.3, -0.25) is 15.1 Å². The number of nitro benzene ring substituents is 1. The smallest absolute Gasteiger partial charge is 0.322 e. The van der Waals surface area contributed by atoms with E-state index in [0.29, 0.717) is 11.3 Å². The van der Waals surface area contributed by atoms with Crippen LogP contribution >= 0.6 is 0 Å². The van der Waals surface area contributed by atoms with Crippen LogP contribution in [-0.4, -0.2) is 42.4 Å². The second-order valence-electron chi connectivity index (χ2n) is 4.17. The molecule has 9 heteroatoms. The largest absolute Gasteiger partial charge is 0.480 e. The van der Waals surface area contributed by atoms with E-state index in [0.717, 1.165) is 0 Å². The number of methoxy groups -OCH3 is 3. The Morgan fingerprint density at radius 3 is 2.04 bits per heavy atom. The lowest BCUT2D eigenvalue weighted by Crippen LogP contribution is -2.03. The molecule has 0 aliphatic carbocycles. The molecule has 120 valence electrons. The summed E-state index contributed by atoms with van der Waals surface area (Å²) in [4.78, 5) is 22.5. The maximum absolute atomic E-state index is 10.6. The highest BCUT2D eigenvalue weighted by molar-refractivity contribution is 5.87. The molecular formula is C14H14N4O5. The fourth-order valence-corrected chi connectivity index (χ4v) is 1.72. The number of aromatic nitrogens is 2. The van der Waals surface area contributed by atoms with Gasteiger partial charge < -0.3 is 14.2 Å². The molecule has 0 aliphatic rings. The molecule has 0 amide bonds. The third-order valence-corrected chi connectivity index (χ3v) is 2.83. The van der Waals surface area contributed by atoms with Crippen LogP contribution in [0.1, 0.15) is 5.56 Å². The second kappa shape index (κ2) is 7.16. The number of aliphatic imine (C=N–C) groups is 1. The van der Waals surface area contributed by atoms with Gasteiger partial charge in [0.2, 0.25) is 11.8 Å². The number of hydrogen-bond donors (Lipinski definition) is 0. The topological polar surface area (TPSA) is 109 Å². The first-order valence-electron chi connectivity index (χ1n) is 6.41. The molecule has 2 rings (SSSR count). The Morgan fingerprint density at radius 1 is 1.04 bits per heavy atom. The van der Waals surface area contributed by atoms with E-state index >= 15 is 0 Å². The standard InChI is InChI=1S/C14H14N4O5/c1-21-12-11(13(22-2)17-14(16-12)23-3)8-15-9-4-6-10(7-5-9)18(19)20/h4-8H,1-3H3. The SMILES string of the molecule is COc1nc(OC)c(C=Nc2ccc([N+](=O)[O-])cc2)c(OC)n1. The van der Waals surface area contributed by atoms with Crippen molar-refractivity contribution in [1.29, 1.82) is 0 Å². The number of nitro groups is 1. The molecule has 0 saturated heterocycles. The Hall–Kier alpha value is -3.23. The van der Waals surface area contributed by atoms with E-state index in [1.165, 1.54) is 51.8 Å². The highest BCUT2D eigenvalue weighted by Crippen LogP contribution is 2.26. The zero-order valence-corrected chi connectivity index (χ0v) is 12.7. The van der Waals surface area contributed by atoms with Crippen LogP contribution in [0.15, 0.2) is 29.3 Å². The first-order chi connectivity index (χ1) is 11.1. The summed E-state index contributed by atoms with van der Waals surface area (Å²) in [6.07, 6.45) is 1.46. The van der Waals surface area contributed by atoms with Crippen molar-refractivity contribution in [2.24, 2.45) is 4.99 Å². The van der Waals surface area contributed by atoms with Crippen LogP contribution in [0.3, 0.4) is 0 Å². The van der Waals surface area contributed by atoms with Gasteiger partial charge in [-0.15, -0.1) is 0 Å². The predicted octanol–water partition coefficient (Wildman–Crippen LogP) is 2.16. The van der Waals surface area contributed by atoms with Crippen molar-refractivity contribution in [3.8, 4) is 17.8 Å². The van der Waals surface area contributed by atoms with Gasteiger partial charge in [0.1, 0.15) is 5.56 Å². The van der Waals surface area contributed by atoms with E-state index in [4.69, 9.17) is 14.2 Å². The molecule has 1 heterocycles. The quantitative estimate of drug-likeness (QED) is 0.456. The lowest BCUT2D eigenvalue weighted by atomic mass is 10.3. The number of rotatable bonds is 6. The fraction of sp³-hybridized carbons (Fsp3) is 0.214. The molecule has 1 aromatic heterocycles. The van der Waals surface area contributed by atoms with Crippen LogP contribution in [-0.2, 0) is 0 Å². The normalized spacial score (nSPS) is 10.6. The Labute approximate surface area is 131 Å². The summed E-state index contributed by atoms with van der Waals surface area (Å²) in [5, 5.41) is 10.6. The Balaban J connectivity index is 2.36. The molecule has 2 aromatic rings. The Bertz CT molecular complexity index is 705. The van der Waals surface area contributed by atoms with Crippen LogP contribution in [0.4, 0.5) is 11.4 Å². The van der Waals surface area contributed by atoms with Crippen molar-refractivity contribution >= 4 is 17.6 Å². The first kappa shape index (κ1) is 16.1. The molecule has 0 bridgehead atoms. The van der Waals surface area contributed by atoms with Crippen molar-refractivity contribution < 1.29 is 19.1 Å². The molecule has 9 nitrogen and oxygen atoms in total. The zero-order valence-electron chi connectivity index (χ0n) is 12.7. The average molecular weight is 318 g/mol. The molecule has 23 heavy (non-hydrogen) atoms. The van der Waals surface area contributed by atoms with Crippen LogP contribution in [0, 0.1) is 10.1 Å². The zero-order chi connectivity index (χ0) is 16.8. The molecule has 0 spiro atoms. The van der Waals surface area contributed by atoms with E-state index in [1.807, 2.05) is 0 Å². The predicted molar refractivity (Wildman–Crippen MR) is 82.0 cm³/mol. The molecule has 0 aliphatic heterocycles.